The Morgan fingerprint density at radius 2 is 2.21 bits per heavy atom. The lowest BCUT2D eigenvalue weighted by Crippen LogP contribution is -2.31. The van der Waals surface area contributed by atoms with Crippen LogP contribution in [-0.4, -0.2) is 28.9 Å². The molecule has 0 aromatic carbocycles. The van der Waals surface area contributed by atoms with Crippen molar-refractivity contribution in [3.8, 4) is 0 Å². The molecule has 0 spiro atoms. The highest BCUT2D eigenvalue weighted by molar-refractivity contribution is 5.02. The van der Waals surface area contributed by atoms with Crippen LogP contribution in [0, 0.1) is 0 Å². The van der Waals surface area contributed by atoms with E-state index in [4.69, 9.17) is 0 Å². The fourth-order valence-corrected chi connectivity index (χ4v) is 1.25. The van der Waals surface area contributed by atoms with Crippen molar-refractivity contribution in [1.82, 2.24) is 20.4 Å². The van der Waals surface area contributed by atoms with E-state index >= 15 is 0 Å². The largest absolute Gasteiger partial charge is 0.313 e. The highest BCUT2D eigenvalue weighted by atomic mass is 15.2. The van der Waals surface area contributed by atoms with Crippen LogP contribution in [0.4, 0.5) is 0 Å². The van der Waals surface area contributed by atoms with E-state index in [1.807, 2.05) is 24.1 Å². The SMILES string of the molecule is CC(C)NCCNCc1cnn(C)c1. The molecule has 1 aromatic rings. The van der Waals surface area contributed by atoms with Gasteiger partial charge in [-0.25, -0.2) is 0 Å². The van der Waals surface area contributed by atoms with Gasteiger partial charge in [0.2, 0.25) is 0 Å². The predicted molar refractivity (Wildman–Crippen MR) is 58.1 cm³/mol. The molecule has 0 fully saturated rings. The van der Waals surface area contributed by atoms with Gasteiger partial charge in [-0.15, -0.1) is 0 Å². The van der Waals surface area contributed by atoms with Gasteiger partial charge in [0.1, 0.15) is 0 Å². The first-order valence-electron chi connectivity index (χ1n) is 5.10. The average Bonchev–Trinajstić information content (AvgIpc) is 2.50. The highest BCUT2D eigenvalue weighted by Gasteiger charge is 1.95. The lowest BCUT2D eigenvalue weighted by Gasteiger charge is -2.07. The van der Waals surface area contributed by atoms with E-state index in [9.17, 15) is 0 Å². The molecular weight excluding hydrogens is 176 g/mol. The van der Waals surface area contributed by atoms with Gasteiger partial charge in [-0.1, -0.05) is 13.8 Å². The Hall–Kier alpha value is -0.870. The molecule has 2 N–H and O–H groups in total. The molecule has 0 radical (unpaired) electrons. The third-order valence-electron chi connectivity index (χ3n) is 1.94. The molecule has 0 unspecified atom stereocenters. The zero-order valence-electron chi connectivity index (χ0n) is 9.25. The van der Waals surface area contributed by atoms with Gasteiger partial charge in [0.25, 0.3) is 0 Å². The molecule has 1 aromatic heterocycles. The van der Waals surface area contributed by atoms with Crippen molar-refractivity contribution in [2.45, 2.75) is 26.4 Å². The number of aryl methyl sites for hydroxylation is 1. The van der Waals surface area contributed by atoms with E-state index in [-0.39, 0.29) is 0 Å². The van der Waals surface area contributed by atoms with Gasteiger partial charge >= 0.3 is 0 Å². The van der Waals surface area contributed by atoms with Crippen LogP contribution < -0.4 is 10.6 Å². The zero-order chi connectivity index (χ0) is 10.4. The summed E-state index contributed by atoms with van der Waals surface area (Å²) < 4.78 is 1.82. The number of aromatic nitrogens is 2. The summed E-state index contributed by atoms with van der Waals surface area (Å²) in [4.78, 5) is 0. The molecule has 4 nitrogen and oxygen atoms in total. The van der Waals surface area contributed by atoms with Gasteiger partial charge in [0.15, 0.2) is 0 Å². The zero-order valence-corrected chi connectivity index (χ0v) is 9.25. The van der Waals surface area contributed by atoms with E-state index in [1.165, 1.54) is 5.56 Å². The van der Waals surface area contributed by atoms with E-state index in [0.29, 0.717) is 6.04 Å². The molecule has 4 heteroatoms. The summed E-state index contributed by atoms with van der Waals surface area (Å²) in [6, 6.07) is 0.565. The van der Waals surface area contributed by atoms with Gasteiger partial charge in [-0.3, -0.25) is 4.68 Å². The lowest BCUT2D eigenvalue weighted by molar-refractivity contribution is 0.555. The predicted octanol–water partition coefficient (Wildman–Crippen LogP) is 0.508. The van der Waals surface area contributed by atoms with E-state index < -0.39 is 0 Å². The fourth-order valence-electron chi connectivity index (χ4n) is 1.25. The Kier molecular flexibility index (Phi) is 4.62. The highest BCUT2D eigenvalue weighted by Crippen LogP contribution is 1.93. The molecule has 0 saturated heterocycles. The summed E-state index contributed by atoms with van der Waals surface area (Å²) >= 11 is 0. The molecular formula is C10H20N4. The Morgan fingerprint density at radius 3 is 2.79 bits per heavy atom. The summed E-state index contributed by atoms with van der Waals surface area (Å²) in [5.74, 6) is 0. The molecule has 14 heavy (non-hydrogen) atoms. The average molecular weight is 196 g/mol. The standard InChI is InChI=1S/C10H20N4/c1-9(2)12-5-4-11-6-10-7-13-14(3)8-10/h7-9,11-12H,4-6H2,1-3H3. The third kappa shape index (κ3) is 4.39. The quantitative estimate of drug-likeness (QED) is 0.651. The first-order chi connectivity index (χ1) is 6.68. The van der Waals surface area contributed by atoms with Crippen molar-refractivity contribution >= 4 is 0 Å². The lowest BCUT2D eigenvalue weighted by atomic mass is 10.3. The number of hydrogen-bond acceptors (Lipinski definition) is 3. The van der Waals surface area contributed by atoms with Crippen molar-refractivity contribution in [2.24, 2.45) is 7.05 Å². The fraction of sp³-hybridized carbons (Fsp3) is 0.700. The molecule has 0 aliphatic carbocycles. The number of nitrogens with zero attached hydrogens (tertiary/aromatic N) is 2. The minimum atomic E-state index is 0.565. The summed E-state index contributed by atoms with van der Waals surface area (Å²) in [5.41, 5.74) is 1.23. The maximum Gasteiger partial charge on any atom is 0.0534 e. The third-order valence-corrected chi connectivity index (χ3v) is 1.94. The van der Waals surface area contributed by atoms with Crippen LogP contribution in [0.5, 0.6) is 0 Å². The first kappa shape index (κ1) is 11.2. The van der Waals surface area contributed by atoms with Gasteiger partial charge in [-0.2, -0.15) is 5.10 Å². The van der Waals surface area contributed by atoms with Crippen molar-refractivity contribution in [3.63, 3.8) is 0 Å². The first-order valence-corrected chi connectivity index (χ1v) is 5.10. The minimum absolute atomic E-state index is 0.565. The molecule has 0 amide bonds. The van der Waals surface area contributed by atoms with Crippen LogP contribution in [0.3, 0.4) is 0 Å². The van der Waals surface area contributed by atoms with Gasteiger partial charge < -0.3 is 10.6 Å². The van der Waals surface area contributed by atoms with Crippen molar-refractivity contribution in [3.05, 3.63) is 18.0 Å². The molecule has 0 saturated carbocycles. The smallest absolute Gasteiger partial charge is 0.0534 e. The molecule has 80 valence electrons. The van der Waals surface area contributed by atoms with Crippen LogP contribution in [0.2, 0.25) is 0 Å². The minimum Gasteiger partial charge on any atom is -0.313 e. The van der Waals surface area contributed by atoms with Gasteiger partial charge in [-0.05, 0) is 0 Å². The molecule has 0 aliphatic heterocycles. The van der Waals surface area contributed by atoms with E-state index in [1.54, 1.807) is 0 Å². The molecule has 0 atom stereocenters. The molecule has 1 rings (SSSR count). The van der Waals surface area contributed by atoms with Gasteiger partial charge in [0, 0.05) is 44.5 Å². The van der Waals surface area contributed by atoms with Crippen LogP contribution in [0.15, 0.2) is 12.4 Å². The number of hydrogen-bond donors (Lipinski definition) is 2. The van der Waals surface area contributed by atoms with E-state index in [2.05, 4.69) is 29.6 Å². The second-order valence-electron chi connectivity index (χ2n) is 3.81. The van der Waals surface area contributed by atoms with Crippen molar-refractivity contribution < 1.29 is 0 Å². The maximum absolute atomic E-state index is 4.10. The summed E-state index contributed by atoms with van der Waals surface area (Å²) in [5, 5.41) is 10.8. The molecule has 0 aliphatic rings. The summed E-state index contributed by atoms with van der Waals surface area (Å²) in [6.07, 6.45) is 3.92. The van der Waals surface area contributed by atoms with E-state index in [0.717, 1.165) is 19.6 Å². The normalized spacial score (nSPS) is 11.1. The second kappa shape index (κ2) is 5.78. The topological polar surface area (TPSA) is 41.9 Å². The Labute approximate surface area is 85.7 Å². The van der Waals surface area contributed by atoms with Gasteiger partial charge in [0.05, 0.1) is 6.20 Å². The van der Waals surface area contributed by atoms with Crippen LogP contribution >= 0.6 is 0 Å². The Morgan fingerprint density at radius 1 is 1.43 bits per heavy atom. The van der Waals surface area contributed by atoms with Crippen molar-refractivity contribution in [1.29, 1.82) is 0 Å². The Bertz CT molecular complexity index is 254. The summed E-state index contributed by atoms with van der Waals surface area (Å²) in [7, 11) is 1.93. The van der Waals surface area contributed by atoms with Crippen molar-refractivity contribution in [2.75, 3.05) is 13.1 Å². The monoisotopic (exact) mass is 196 g/mol. The Balaban J connectivity index is 2.04. The summed E-state index contributed by atoms with van der Waals surface area (Å²) in [6.45, 7) is 7.21. The molecule has 1 heterocycles. The number of rotatable bonds is 6. The van der Waals surface area contributed by atoms with Crippen LogP contribution in [-0.2, 0) is 13.6 Å². The van der Waals surface area contributed by atoms with Crippen LogP contribution in [0.25, 0.3) is 0 Å². The van der Waals surface area contributed by atoms with Crippen LogP contribution in [0.1, 0.15) is 19.4 Å². The second-order valence-corrected chi connectivity index (χ2v) is 3.81. The molecule has 0 bridgehead atoms. The maximum atomic E-state index is 4.10. The number of nitrogens with one attached hydrogen (secondary N) is 2.